The van der Waals surface area contributed by atoms with Crippen molar-refractivity contribution in [2.24, 2.45) is 5.41 Å². The van der Waals surface area contributed by atoms with Gasteiger partial charge in [0.25, 0.3) is 0 Å². The molecule has 5 nitrogen and oxygen atoms in total. The zero-order valence-corrected chi connectivity index (χ0v) is 12.8. The maximum absolute atomic E-state index is 11.7. The van der Waals surface area contributed by atoms with E-state index in [1.807, 2.05) is 14.0 Å². The van der Waals surface area contributed by atoms with Gasteiger partial charge in [0.15, 0.2) is 0 Å². The van der Waals surface area contributed by atoms with E-state index in [2.05, 4.69) is 10.6 Å². The molecular weight excluding hydrogens is 276 g/mol. The minimum absolute atomic E-state index is 0. The van der Waals surface area contributed by atoms with Crippen molar-refractivity contribution < 1.29 is 13.2 Å². The number of sulfone groups is 1. The van der Waals surface area contributed by atoms with Crippen LogP contribution in [0, 0.1) is 5.41 Å². The predicted molar refractivity (Wildman–Crippen MR) is 74.8 cm³/mol. The van der Waals surface area contributed by atoms with Crippen molar-refractivity contribution >= 4 is 28.2 Å². The van der Waals surface area contributed by atoms with E-state index in [4.69, 9.17) is 0 Å². The van der Waals surface area contributed by atoms with Crippen LogP contribution in [0.2, 0.25) is 0 Å². The normalized spacial score (nSPS) is 18.6. The Morgan fingerprint density at radius 2 is 1.94 bits per heavy atom. The minimum atomic E-state index is -2.99. The molecule has 1 rings (SSSR count). The first-order valence-corrected chi connectivity index (χ1v) is 7.94. The number of hydrogen-bond acceptors (Lipinski definition) is 4. The van der Waals surface area contributed by atoms with Gasteiger partial charge < -0.3 is 10.6 Å². The molecule has 0 bridgehead atoms. The van der Waals surface area contributed by atoms with Gasteiger partial charge >= 0.3 is 0 Å². The summed E-state index contributed by atoms with van der Waals surface area (Å²) in [5.41, 5.74) is -0.277. The largest absolute Gasteiger partial charge is 0.355 e. The summed E-state index contributed by atoms with van der Waals surface area (Å²) in [6.45, 7) is 2.55. The summed E-state index contributed by atoms with van der Waals surface area (Å²) in [6.07, 6.45) is 3.24. The molecule has 0 heterocycles. The number of amides is 1. The topological polar surface area (TPSA) is 75.3 Å². The molecule has 0 saturated heterocycles. The number of carbonyl (C=O) groups is 1. The van der Waals surface area contributed by atoms with Gasteiger partial charge in [0.1, 0.15) is 9.84 Å². The highest BCUT2D eigenvalue weighted by Gasteiger charge is 2.46. The Balaban J connectivity index is 0.00000289. The lowest BCUT2D eigenvalue weighted by atomic mass is 10.1. The van der Waals surface area contributed by atoms with Crippen molar-refractivity contribution in [1.29, 1.82) is 0 Å². The van der Waals surface area contributed by atoms with Crippen LogP contribution in [0.3, 0.4) is 0 Å². The molecule has 0 aromatic rings. The van der Waals surface area contributed by atoms with Gasteiger partial charge in [-0.1, -0.05) is 0 Å². The molecular formula is C11H23ClN2O3S. The molecule has 1 aliphatic rings. The third kappa shape index (κ3) is 6.56. The molecule has 0 radical (unpaired) electrons. The van der Waals surface area contributed by atoms with Gasteiger partial charge in [0.2, 0.25) is 5.91 Å². The SMILES string of the molecule is CNC(C)CNC(=O)CC1(CS(C)(=O)=O)CC1.Cl. The predicted octanol–water partition coefficient (Wildman–Crippen LogP) is 0.347. The molecule has 0 aromatic carbocycles. The number of halogens is 1. The standard InChI is InChI=1S/C11H22N2O3S.ClH/c1-9(12-2)7-13-10(14)6-11(4-5-11)8-17(3,15)16;/h9,12H,4-8H2,1-3H3,(H,13,14);1H. The van der Waals surface area contributed by atoms with Crippen LogP contribution in [0.1, 0.15) is 26.2 Å². The summed E-state index contributed by atoms with van der Waals surface area (Å²) < 4.78 is 22.5. The van der Waals surface area contributed by atoms with Gasteiger partial charge in [0.05, 0.1) is 5.75 Å². The highest BCUT2D eigenvalue weighted by molar-refractivity contribution is 7.90. The van der Waals surface area contributed by atoms with Crippen molar-refractivity contribution in [3.8, 4) is 0 Å². The minimum Gasteiger partial charge on any atom is -0.355 e. The molecule has 0 spiro atoms. The maximum atomic E-state index is 11.7. The van der Waals surface area contributed by atoms with E-state index in [0.29, 0.717) is 13.0 Å². The van der Waals surface area contributed by atoms with Gasteiger partial charge in [-0.15, -0.1) is 12.4 Å². The first-order chi connectivity index (χ1) is 7.76. The third-order valence-electron chi connectivity index (χ3n) is 3.16. The van der Waals surface area contributed by atoms with Gasteiger partial charge in [-0.25, -0.2) is 8.42 Å². The summed E-state index contributed by atoms with van der Waals surface area (Å²) >= 11 is 0. The highest BCUT2D eigenvalue weighted by atomic mass is 35.5. The van der Waals surface area contributed by atoms with Crippen LogP contribution in [-0.4, -0.2) is 46.0 Å². The molecule has 1 unspecified atom stereocenters. The Morgan fingerprint density at radius 3 is 2.33 bits per heavy atom. The summed E-state index contributed by atoms with van der Waals surface area (Å²) in [7, 11) is -1.16. The van der Waals surface area contributed by atoms with Gasteiger partial charge in [-0.3, -0.25) is 4.79 Å². The van der Waals surface area contributed by atoms with Crippen LogP contribution >= 0.6 is 12.4 Å². The Labute approximate surface area is 115 Å². The molecule has 1 fully saturated rings. The van der Waals surface area contributed by atoms with E-state index in [9.17, 15) is 13.2 Å². The van der Waals surface area contributed by atoms with E-state index >= 15 is 0 Å². The van der Waals surface area contributed by atoms with Crippen LogP contribution in [0.25, 0.3) is 0 Å². The average molecular weight is 299 g/mol. The first-order valence-electron chi connectivity index (χ1n) is 5.88. The number of carbonyl (C=O) groups excluding carboxylic acids is 1. The van der Waals surface area contributed by atoms with Gasteiger partial charge in [-0.05, 0) is 32.2 Å². The summed E-state index contributed by atoms with van der Waals surface area (Å²) in [6, 6.07) is 0.226. The fourth-order valence-corrected chi connectivity index (χ4v) is 3.38. The maximum Gasteiger partial charge on any atom is 0.220 e. The van der Waals surface area contributed by atoms with Crippen LogP contribution in [-0.2, 0) is 14.6 Å². The van der Waals surface area contributed by atoms with E-state index in [0.717, 1.165) is 12.8 Å². The van der Waals surface area contributed by atoms with E-state index in [-0.39, 0.29) is 35.5 Å². The second-order valence-corrected chi connectivity index (χ2v) is 7.38. The van der Waals surface area contributed by atoms with E-state index < -0.39 is 9.84 Å². The quantitative estimate of drug-likeness (QED) is 0.711. The average Bonchev–Trinajstić information content (AvgIpc) is 2.91. The lowest BCUT2D eigenvalue weighted by Crippen LogP contribution is -2.38. The Bertz CT molecular complexity index is 380. The molecule has 2 N–H and O–H groups in total. The summed E-state index contributed by atoms with van der Waals surface area (Å²) in [4.78, 5) is 11.7. The van der Waals surface area contributed by atoms with Gasteiger partial charge in [0, 0.05) is 25.3 Å². The molecule has 0 aromatic heterocycles. The molecule has 7 heteroatoms. The van der Waals surface area contributed by atoms with Crippen molar-refractivity contribution in [2.75, 3.05) is 25.6 Å². The second-order valence-electron chi connectivity index (χ2n) is 5.24. The Morgan fingerprint density at radius 1 is 1.39 bits per heavy atom. The fourth-order valence-electron chi connectivity index (χ4n) is 1.88. The fraction of sp³-hybridized carbons (Fsp3) is 0.909. The molecule has 1 atom stereocenters. The van der Waals surface area contributed by atoms with E-state index in [1.54, 1.807) is 0 Å². The van der Waals surface area contributed by atoms with Crippen LogP contribution in [0.15, 0.2) is 0 Å². The number of rotatable bonds is 7. The molecule has 18 heavy (non-hydrogen) atoms. The van der Waals surface area contributed by atoms with Crippen LogP contribution in [0.5, 0.6) is 0 Å². The molecule has 1 saturated carbocycles. The highest BCUT2D eigenvalue weighted by Crippen LogP contribution is 2.49. The van der Waals surface area contributed by atoms with Crippen LogP contribution in [0.4, 0.5) is 0 Å². The summed E-state index contributed by atoms with van der Waals surface area (Å²) in [5, 5.41) is 5.85. The van der Waals surface area contributed by atoms with E-state index in [1.165, 1.54) is 6.26 Å². The van der Waals surface area contributed by atoms with Crippen molar-refractivity contribution in [3.05, 3.63) is 0 Å². The zero-order valence-electron chi connectivity index (χ0n) is 11.2. The summed E-state index contributed by atoms with van der Waals surface area (Å²) in [5.74, 6) is 0.0860. The Hall–Kier alpha value is -0.330. The Kier molecular flexibility index (Phi) is 6.60. The number of likely N-dealkylation sites (N-methyl/N-ethyl adjacent to an activating group) is 1. The van der Waals surface area contributed by atoms with Crippen molar-refractivity contribution in [3.63, 3.8) is 0 Å². The van der Waals surface area contributed by atoms with Gasteiger partial charge in [-0.2, -0.15) is 0 Å². The van der Waals surface area contributed by atoms with Crippen molar-refractivity contribution in [1.82, 2.24) is 10.6 Å². The second kappa shape index (κ2) is 6.73. The number of hydrogen-bond donors (Lipinski definition) is 2. The first kappa shape index (κ1) is 17.7. The monoisotopic (exact) mass is 298 g/mol. The van der Waals surface area contributed by atoms with Crippen molar-refractivity contribution in [2.45, 2.75) is 32.2 Å². The lowest BCUT2D eigenvalue weighted by Gasteiger charge is -2.15. The van der Waals surface area contributed by atoms with Crippen LogP contribution < -0.4 is 10.6 Å². The lowest BCUT2D eigenvalue weighted by molar-refractivity contribution is -0.122. The molecule has 1 amide bonds. The smallest absolute Gasteiger partial charge is 0.220 e. The molecule has 108 valence electrons. The third-order valence-corrected chi connectivity index (χ3v) is 4.30. The number of nitrogens with one attached hydrogen (secondary N) is 2. The zero-order chi connectivity index (χ0) is 13.1. The molecule has 0 aliphatic heterocycles. The molecule has 1 aliphatic carbocycles.